The molecule has 1 aromatic carbocycles. The van der Waals surface area contributed by atoms with Gasteiger partial charge in [0.15, 0.2) is 0 Å². The first-order chi connectivity index (χ1) is 20.3. The zero-order chi connectivity index (χ0) is 30.3. The number of unbranched alkanes of at least 4 members (excludes halogenated alkanes) is 3. The smallest absolute Gasteiger partial charge is 0.409 e. The average molecular weight is 583 g/mol. The van der Waals surface area contributed by atoms with Crippen molar-refractivity contribution in [1.82, 2.24) is 20.1 Å². The van der Waals surface area contributed by atoms with E-state index in [1.54, 1.807) is 15.9 Å². The van der Waals surface area contributed by atoms with Gasteiger partial charge in [-0.1, -0.05) is 63.4 Å². The number of nitrogens with zero attached hydrogens (tertiary/aromatic N) is 3. The fraction of sp³-hybridized carbons (Fsp3) is 0.516. The molecule has 2 heterocycles. The summed E-state index contributed by atoms with van der Waals surface area (Å²) in [5.74, 6) is -1.60. The second-order valence-corrected chi connectivity index (χ2v) is 10.2. The van der Waals surface area contributed by atoms with E-state index in [2.05, 4.69) is 24.1 Å². The molecule has 11 nitrogen and oxygen atoms in total. The van der Waals surface area contributed by atoms with Crippen LogP contribution in [0.3, 0.4) is 0 Å². The molecule has 0 saturated carbocycles. The number of carbonyl (C=O) groups is 4. The van der Waals surface area contributed by atoms with Crippen LogP contribution in [-0.4, -0.2) is 89.2 Å². The summed E-state index contributed by atoms with van der Waals surface area (Å²) >= 11 is 0. The van der Waals surface area contributed by atoms with E-state index in [-0.39, 0.29) is 44.7 Å². The zero-order valence-corrected chi connectivity index (χ0v) is 24.5. The first-order valence-corrected chi connectivity index (χ1v) is 14.8. The molecule has 2 aromatic rings. The number of benzene rings is 1. The maximum absolute atomic E-state index is 13.5. The Morgan fingerprint density at radius 1 is 0.929 bits per heavy atom. The standard InChI is InChI=1S/C31H42N4O7/c1-3-5-10-20-42-31(40)35-17-15-34(16-18-35)30(39)25(13-14-28(36)37)33-29(38)27-22-24(41-19-6-4-2)21-26(32-27)23-11-8-7-9-12-23/h7-9,11-12,21-22,25H,3-6,10,13-20H2,1-2H3,(H,33,38)(H,36,37)/t25-/m0/s1. The first kappa shape index (κ1) is 32.4. The van der Waals surface area contributed by atoms with E-state index < -0.39 is 29.9 Å². The Labute approximate surface area is 247 Å². The molecule has 0 unspecified atom stereocenters. The van der Waals surface area contributed by atoms with Crippen molar-refractivity contribution in [2.24, 2.45) is 0 Å². The predicted octanol–water partition coefficient (Wildman–Crippen LogP) is 4.36. The molecule has 3 amide bonds. The molecule has 0 bridgehead atoms. The minimum atomic E-state index is -1.08. The largest absolute Gasteiger partial charge is 0.493 e. The molecule has 42 heavy (non-hydrogen) atoms. The van der Waals surface area contributed by atoms with Crippen molar-refractivity contribution in [2.45, 2.75) is 64.8 Å². The number of nitrogens with one attached hydrogen (secondary N) is 1. The average Bonchev–Trinajstić information content (AvgIpc) is 3.01. The second-order valence-electron chi connectivity index (χ2n) is 10.2. The van der Waals surface area contributed by atoms with Crippen LogP contribution in [0.5, 0.6) is 5.75 Å². The SMILES string of the molecule is CCCCCOC(=O)N1CCN(C(=O)[C@H](CCC(=O)O)NC(=O)c2cc(OCCCC)cc(-c3ccccc3)n2)CC1. The van der Waals surface area contributed by atoms with E-state index in [4.69, 9.17) is 9.47 Å². The summed E-state index contributed by atoms with van der Waals surface area (Å²) in [7, 11) is 0. The number of piperazine rings is 1. The maximum Gasteiger partial charge on any atom is 0.409 e. The number of aromatic nitrogens is 1. The van der Waals surface area contributed by atoms with Crippen LogP contribution in [-0.2, 0) is 14.3 Å². The van der Waals surface area contributed by atoms with Crippen LogP contribution in [0.2, 0.25) is 0 Å². The van der Waals surface area contributed by atoms with Crippen molar-refractivity contribution in [3.05, 3.63) is 48.2 Å². The van der Waals surface area contributed by atoms with Crippen molar-refractivity contribution in [1.29, 1.82) is 0 Å². The third-order valence-electron chi connectivity index (χ3n) is 6.94. The number of hydrogen-bond donors (Lipinski definition) is 2. The molecule has 1 saturated heterocycles. The van der Waals surface area contributed by atoms with Crippen molar-refractivity contribution in [3.63, 3.8) is 0 Å². The number of carboxylic acids is 1. The Morgan fingerprint density at radius 3 is 2.29 bits per heavy atom. The van der Waals surface area contributed by atoms with E-state index in [1.165, 1.54) is 6.07 Å². The van der Waals surface area contributed by atoms with Crippen molar-refractivity contribution >= 4 is 23.9 Å². The van der Waals surface area contributed by atoms with Crippen LogP contribution in [0.4, 0.5) is 4.79 Å². The van der Waals surface area contributed by atoms with E-state index in [0.717, 1.165) is 37.7 Å². The minimum Gasteiger partial charge on any atom is -0.493 e. The minimum absolute atomic E-state index is 0.0617. The number of ether oxygens (including phenoxy) is 2. The summed E-state index contributed by atoms with van der Waals surface area (Å²) in [6.45, 7) is 6.04. The highest BCUT2D eigenvalue weighted by molar-refractivity contribution is 5.97. The highest BCUT2D eigenvalue weighted by Gasteiger charge is 2.31. The van der Waals surface area contributed by atoms with Gasteiger partial charge in [0.25, 0.3) is 5.91 Å². The van der Waals surface area contributed by atoms with Gasteiger partial charge in [0.2, 0.25) is 5.91 Å². The van der Waals surface area contributed by atoms with Gasteiger partial charge in [-0.2, -0.15) is 0 Å². The third kappa shape index (κ3) is 10.0. The van der Waals surface area contributed by atoms with Gasteiger partial charge in [0.05, 0.1) is 18.9 Å². The Kier molecular flexibility index (Phi) is 13.1. The van der Waals surface area contributed by atoms with Crippen LogP contribution in [0.1, 0.15) is 69.3 Å². The van der Waals surface area contributed by atoms with Crippen LogP contribution in [0.15, 0.2) is 42.5 Å². The number of carboxylic acid groups (broad SMARTS) is 1. The van der Waals surface area contributed by atoms with Gasteiger partial charge in [0, 0.05) is 50.3 Å². The fourth-order valence-electron chi connectivity index (χ4n) is 4.49. The van der Waals surface area contributed by atoms with Gasteiger partial charge < -0.3 is 29.7 Å². The first-order valence-electron chi connectivity index (χ1n) is 14.8. The lowest BCUT2D eigenvalue weighted by Gasteiger charge is -2.36. The molecule has 1 aliphatic heterocycles. The lowest BCUT2D eigenvalue weighted by Crippen LogP contribution is -2.56. The molecule has 0 aliphatic carbocycles. The van der Waals surface area contributed by atoms with E-state index >= 15 is 0 Å². The predicted molar refractivity (Wildman–Crippen MR) is 157 cm³/mol. The molecule has 1 aromatic heterocycles. The van der Waals surface area contributed by atoms with E-state index in [9.17, 15) is 24.3 Å². The molecule has 0 spiro atoms. The van der Waals surface area contributed by atoms with Gasteiger partial charge >= 0.3 is 12.1 Å². The topological polar surface area (TPSA) is 138 Å². The molecule has 1 fully saturated rings. The van der Waals surface area contributed by atoms with Crippen molar-refractivity contribution in [3.8, 4) is 17.0 Å². The van der Waals surface area contributed by atoms with E-state index in [1.807, 2.05) is 30.3 Å². The fourth-order valence-corrected chi connectivity index (χ4v) is 4.49. The summed E-state index contributed by atoms with van der Waals surface area (Å²) in [5.41, 5.74) is 1.40. The number of amides is 3. The Balaban J connectivity index is 1.71. The third-order valence-corrected chi connectivity index (χ3v) is 6.94. The number of hydrogen-bond acceptors (Lipinski definition) is 7. The summed E-state index contributed by atoms with van der Waals surface area (Å²) < 4.78 is 11.2. The Hall–Kier alpha value is -4.15. The highest BCUT2D eigenvalue weighted by Crippen LogP contribution is 2.24. The zero-order valence-electron chi connectivity index (χ0n) is 24.5. The monoisotopic (exact) mass is 582 g/mol. The van der Waals surface area contributed by atoms with Gasteiger partial charge in [-0.15, -0.1) is 0 Å². The number of carbonyl (C=O) groups excluding carboxylic acids is 3. The quantitative estimate of drug-likeness (QED) is 0.296. The summed E-state index contributed by atoms with van der Waals surface area (Å²) in [5, 5.41) is 12.0. The number of rotatable bonds is 15. The van der Waals surface area contributed by atoms with Crippen LogP contribution < -0.4 is 10.1 Å². The lowest BCUT2D eigenvalue weighted by atomic mass is 10.1. The molecule has 1 aliphatic rings. The summed E-state index contributed by atoms with van der Waals surface area (Å²) in [6, 6.07) is 11.6. The van der Waals surface area contributed by atoms with Crippen molar-refractivity contribution < 1.29 is 33.8 Å². The van der Waals surface area contributed by atoms with Crippen LogP contribution in [0.25, 0.3) is 11.3 Å². The molecule has 3 rings (SSSR count). The molecule has 0 radical (unpaired) electrons. The maximum atomic E-state index is 13.5. The highest BCUT2D eigenvalue weighted by atomic mass is 16.6. The summed E-state index contributed by atoms with van der Waals surface area (Å²) in [6.07, 6.45) is 3.82. The van der Waals surface area contributed by atoms with Crippen LogP contribution in [0, 0.1) is 0 Å². The molecule has 2 N–H and O–H groups in total. The second kappa shape index (κ2) is 17.0. The summed E-state index contributed by atoms with van der Waals surface area (Å²) in [4.78, 5) is 58.2. The Bertz CT molecular complexity index is 1180. The van der Waals surface area contributed by atoms with Crippen molar-refractivity contribution in [2.75, 3.05) is 39.4 Å². The van der Waals surface area contributed by atoms with Gasteiger partial charge in [-0.05, 0) is 19.3 Å². The Morgan fingerprint density at radius 2 is 1.62 bits per heavy atom. The molecule has 228 valence electrons. The molecule has 1 atom stereocenters. The van der Waals surface area contributed by atoms with Gasteiger partial charge in [-0.3, -0.25) is 14.4 Å². The molecular weight excluding hydrogens is 540 g/mol. The number of pyridine rings is 1. The van der Waals surface area contributed by atoms with Gasteiger partial charge in [-0.25, -0.2) is 9.78 Å². The lowest BCUT2D eigenvalue weighted by molar-refractivity contribution is -0.138. The normalized spacial score (nSPS) is 13.8. The van der Waals surface area contributed by atoms with Crippen LogP contribution >= 0.6 is 0 Å². The van der Waals surface area contributed by atoms with E-state index in [0.29, 0.717) is 24.7 Å². The van der Waals surface area contributed by atoms with Gasteiger partial charge in [0.1, 0.15) is 17.5 Å². The molecule has 11 heteroatoms. The molecular formula is C31H42N4O7. The number of aliphatic carboxylic acids is 1.